The van der Waals surface area contributed by atoms with Gasteiger partial charge < -0.3 is 9.47 Å². The summed E-state index contributed by atoms with van der Waals surface area (Å²) in [7, 11) is 0. The van der Waals surface area contributed by atoms with E-state index in [0.717, 1.165) is 25.7 Å². The molecule has 0 aromatic heterocycles. The van der Waals surface area contributed by atoms with Gasteiger partial charge in [0.2, 0.25) is 0 Å². The molecule has 0 aliphatic carbocycles. The summed E-state index contributed by atoms with van der Waals surface area (Å²) in [6, 6.07) is 0. The molecule has 2 atom stereocenters. The molecule has 2 unspecified atom stereocenters. The second kappa shape index (κ2) is 7.43. The number of carbonyl (C=O) groups excluding carboxylic acids is 1. The molecule has 1 saturated heterocycles. The van der Waals surface area contributed by atoms with Gasteiger partial charge in [-0.15, -0.1) is 6.42 Å². The molecule has 18 heavy (non-hydrogen) atoms. The van der Waals surface area contributed by atoms with Gasteiger partial charge in [0.1, 0.15) is 6.61 Å². The number of hydrogen-bond donors (Lipinski definition) is 0. The summed E-state index contributed by atoms with van der Waals surface area (Å²) in [5.41, 5.74) is -0.682. The van der Waals surface area contributed by atoms with E-state index in [4.69, 9.17) is 15.9 Å². The minimum Gasteiger partial charge on any atom is -0.462 e. The van der Waals surface area contributed by atoms with Crippen molar-refractivity contribution in [3.8, 4) is 12.3 Å². The lowest BCUT2D eigenvalue weighted by Crippen LogP contribution is -2.34. The van der Waals surface area contributed by atoms with Gasteiger partial charge >= 0.3 is 5.97 Å². The minimum atomic E-state index is -0.682. The number of carbonyl (C=O) groups is 1. The molecule has 0 aromatic carbocycles. The third-order valence-corrected chi connectivity index (χ3v) is 3.35. The molecule has 0 spiro atoms. The Hall–Kier alpha value is -1.01. The van der Waals surface area contributed by atoms with Crippen LogP contribution in [0.25, 0.3) is 0 Å². The van der Waals surface area contributed by atoms with Gasteiger partial charge in [0.15, 0.2) is 5.60 Å². The Morgan fingerprint density at radius 1 is 1.50 bits per heavy atom. The lowest BCUT2D eigenvalue weighted by Gasteiger charge is -2.22. The molecule has 1 aliphatic heterocycles. The lowest BCUT2D eigenvalue weighted by molar-refractivity contribution is -0.150. The number of unbranched alkanes of at least 4 members (excludes halogenated alkanes) is 3. The molecule has 0 saturated carbocycles. The van der Waals surface area contributed by atoms with Crippen molar-refractivity contribution in [3.05, 3.63) is 0 Å². The van der Waals surface area contributed by atoms with E-state index in [2.05, 4.69) is 12.8 Å². The van der Waals surface area contributed by atoms with Crippen molar-refractivity contribution < 1.29 is 14.3 Å². The molecule has 0 N–H and O–H groups in total. The molecule has 0 bridgehead atoms. The molecule has 1 fully saturated rings. The van der Waals surface area contributed by atoms with Crippen LogP contribution in [0.1, 0.15) is 58.8 Å². The van der Waals surface area contributed by atoms with Gasteiger partial charge in [0.05, 0.1) is 6.10 Å². The third-order valence-electron chi connectivity index (χ3n) is 3.35. The molecule has 0 radical (unpaired) electrons. The van der Waals surface area contributed by atoms with Crippen LogP contribution in [0, 0.1) is 12.3 Å². The average Bonchev–Trinajstić information content (AvgIpc) is 2.75. The first kappa shape index (κ1) is 15.0. The first-order valence-corrected chi connectivity index (χ1v) is 6.93. The van der Waals surface area contributed by atoms with Crippen molar-refractivity contribution >= 4 is 5.97 Å². The first-order valence-electron chi connectivity index (χ1n) is 6.93. The van der Waals surface area contributed by atoms with Gasteiger partial charge in [-0.25, -0.2) is 0 Å². The summed E-state index contributed by atoms with van der Waals surface area (Å²) in [5.74, 6) is 2.48. The Morgan fingerprint density at radius 3 is 2.83 bits per heavy atom. The van der Waals surface area contributed by atoms with E-state index in [9.17, 15) is 4.79 Å². The van der Waals surface area contributed by atoms with Crippen LogP contribution in [0.4, 0.5) is 0 Å². The molecule has 3 heteroatoms. The SMILES string of the molecule is C#CC1(COC(=O)CCCCCC)CCC(C)O1. The highest BCUT2D eigenvalue weighted by Crippen LogP contribution is 2.30. The van der Waals surface area contributed by atoms with Crippen molar-refractivity contribution in [1.82, 2.24) is 0 Å². The predicted molar refractivity (Wildman–Crippen MR) is 71.1 cm³/mol. The monoisotopic (exact) mass is 252 g/mol. The first-order chi connectivity index (χ1) is 8.62. The molecular weight excluding hydrogens is 228 g/mol. The van der Waals surface area contributed by atoms with E-state index < -0.39 is 5.60 Å². The molecular formula is C15H24O3. The zero-order valence-electron chi connectivity index (χ0n) is 11.5. The molecule has 0 amide bonds. The highest BCUT2D eigenvalue weighted by atomic mass is 16.6. The molecule has 1 aliphatic rings. The molecule has 0 aromatic rings. The maximum absolute atomic E-state index is 11.6. The smallest absolute Gasteiger partial charge is 0.305 e. The summed E-state index contributed by atoms with van der Waals surface area (Å²) >= 11 is 0. The fraction of sp³-hybridized carbons (Fsp3) is 0.800. The van der Waals surface area contributed by atoms with Crippen molar-refractivity contribution in [2.24, 2.45) is 0 Å². The number of hydrogen-bond acceptors (Lipinski definition) is 3. The second-order valence-electron chi connectivity index (χ2n) is 5.08. The predicted octanol–water partition coefficient (Wildman–Crippen LogP) is 3.07. The Labute approximate surface area is 110 Å². The number of rotatable bonds is 7. The summed E-state index contributed by atoms with van der Waals surface area (Å²) in [5, 5.41) is 0. The fourth-order valence-electron chi connectivity index (χ4n) is 2.16. The average molecular weight is 252 g/mol. The summed E-state index contributed by atoms with van der Waals surface area (Å²) in [4.78, 5) is 11.6. The van der Waals surface area contributed by atoms with E-state index in [1.165, 1.54) is 12.8 Å². The number of ether oxygens (including phenoxy) is 2. The largest absolute Gasteiger partial charge is 0.462 e. The van der Waals surface area contributed by atoms with Crippen molar-refractivity contribution in [3.63, 3.8) is 0 Å². The Kier molecular flexibility index (Phi) is 6.21. The molecule has 102 valence electrons. The normalized spacial score (nSPS) is 26.8. The van der Waals surface area contributed by atoms with Crippen molar-refractivity contribution in [2.45, 2.75) is 70.5 Å². The molecule has 1 heterocycles. The molecule has 3 nitrogen and oxygen atoms in total. The minimum absolute atomic E-state index is 0.157. The van der Waals surface area contributed by atoms with Crippen LogP contribution in [-0.2, 0) is 14.3 Å². The zero-order valence-corrected chi connectivity index (χ0v) is 11.5. The maximum atomic E-state index is 11.6. The van der Waals surface area contributed by atoms with E-state index in [1.54, 1.807) is 0 Å². The van der Waals surface area contributed by atoms with Crippen LogP contribution >= 0.6 is 0 Å². The zero-order chi connectivity index (χ0) is 13.4. The van der Waals surface area contributed by atoms with Crippen LogP contribution < -0.4 is 0 Å². The van der Waals surface area contributed by atoms with Gasteiger partial charge in [0, 0.05) is 6.42 Å². The lowest BCUT2D eigenvalue weighted by atomic mass is 10.0. The van der Waals surface area contributed by atoms with Crippen molar-refractivity contribution in [2.75, 3.05) is 6.61 Å². The van der Waals surface area contributed by atoms with Gasteiger partial charge in [-0.1, -0.05) is 32.1 Å². The summed E-state index contributed by atoms with van der Waals surface area (Å²) in [6.45, 7) is 4.33. The highest BCUT2D eigenvalue weighted by Gasteiger charge is 2.38. The van der Waals surface area contributed by atoms with E-state index in [-0.39, 0.29) is 18.7 Å². The maximum Gasteiger partial charge on any atom is 0.305 e. The van der Waals surface area contributed by atoms with Crippen molar-refractivity contribution in [1.29, 1.82) is 0 Å². The summed E-state index contributed by atoms with van der Waals surface area (Å²) < 4.78 is 10.9. The van der Waals surface area contributed by atoms with Crippen LogP contribution in [0.3, 0.4) is 0 Å². The summed E-state index contributed by atoms with van der Waals surface area (Å²) in [6.07, 6.45) is 12.1. The Bertz CT molecular complexity index is 305. The van der Waals surface area contributed by atoms with Gasteiger partial charge in [-0.3, -0.25) is 4.79 Å². The quantitative estimate of drug-likeness (QED) is 0.397. The number of esters is 1. The standard InChI is InChI=1S/C15H24O3/c1-4-6-7-8-9-14(16)17-12-15(5-2)11-10-13(3)18-15/h2,13H,4,6-12H2,1,3H3. The van der Waals surface area contributed by atoms with Crippen LogP contribution in [0.5, 0.6) is 0 Å². The second-order valence-corrected chi connectivity index (χ2v) is 5.08. The third kappa shape index (κ3) is 4.70. The van der Waals surface area contributed by atoms with Gasteiger partial charge in [-0.2, -0.15) is 0 Å². The van der Waals surface area contributed by atoms with Gasteiger partial charge in [0.25, 0.3) is 0 Å². The van der Waals surface area contributed by atoms with Crippen LogP contribution in [0.2, 0.25) is 0 Å². The Morgan fingerprint density at radius 2 is 2.28 bits per heavy atom. The van der Waals surface area contributed by atoms with Crippen LogP contribution in [0.15, 0.2) is 0 Å². The van der Waals surface area contributed by atoms with Gasteiger partial charge in [-0.05, 0) is 26.2 Å². The highest BCUT2D eigenvalue weighted by molar-refractivity contribution is 5.69. The Balaban J connectivity index is 2.23. The molecule has 1 rings (SSSR count). The van der Waals surface area contributed by atoms with Crippen LogP contribution in [-0.4, -0.2) is 24.3 Å². The fourth-order valence-corrected chi connectivity index (χ4v) is 2.16. The van der Waals surface area contributed by atoms with E-state index >= 15 is 0 Å². The van der Waals surface area contributed by atoms with E-state index in [0.29, 0.717) is 6.42 Å². The number of terminal acetylenes is 1. The topological polar surface area (TPSA) is 35.5 Å². The van der Waals surface area contributed by atoms with E-state index in [1.807, 2.05) is 6.92 Å².